The van der Waals surface area contributed by atoms with E-state index in [0.717, 1.165) is 21.0 Å². The van der Waals surface area contributed by atoms with Gasteiger partial charge in [-0.15, -0.1) is 0 Å². The summed E-state index contributed by atoms with van der Waals surface area (Å²) >= 11 is 19.4. The molecule has 2 amide bonds. The van der Waals surface area contributed by atoms with Gasteiger partial charge in [0, 0.05) is 40.6 Å². The minimum atomic E-state index is -4.25. The number of likely N-dealkylation sites (N-methyl/N-ethyl adjacent to an activating group) is 1. The molecular formula is C33H32Cl3N3O4S. The van der Waals surface area contributed by atoms with E-state index in [9.17, 15) is 18.0 Å². The summed E-state index contributed by atoms with van der Waals surface area (Å²) < 4.78 is 29.2. The third-order valence-corrected chi connectivity index (χ3v) is 10.1. The molecule has 4 aromatic carbocycles. The number of rotatable bonds is 11. The Morgan fingerprint density at radius 2 is 1.45 bits per heavy atom. The summed E-state index contributed by atoms with van der Waals surface area (Å²) in [6.07, 6.45) is 0.162. The fourth-order valence-corrected chi connectivity index (χ4v) is 6.78. The lowest BCUT2D eigenvalue weighted by atomic mass is 10.0. The molecule has 0 saturated carbocycles. The molecular weight excluding hydrogens is 641 g/mol. The molecule has 0 aliphatic carbocycles. The van der Waals surface area contributed by atoms with Crippen LogP contribution in [0, 0.1) is 13.8 Å². The van der Waals surface area contributed by atoms with Crippen LogP contribution in [0.15, 0.2) is 95.9 Å². The molecule has 11 heteroatoms. The van der Waals surface area contributed by atoms with Crippen LogP contribution in [0.25, 0.3) is 0 Å². The van der Waals surface area contributed by atoms with Crippen molar-refractivity contribution in [3.63, 3.8) is 0 Å². The van der Waals surface area contributed by atoms with Gasteiger partial charge in [0.1, 0.15) is 12.6 Å². The third-order valence-electron chi connectivity index (χ3n) is 7.24. The van der Waals surface area contributed by atoms with Crippen LogP contribution in [0.1, 0.15) is 22.3 Å². The van der Waals surface area contributed by atoms with Gasteiger partial charge in [0.25, 0.3) is 10.0 Å². The Morgan fingerprint density at radius 1 is 0.818 bits per heavy atom. The van der Waals surface area contributed by atoms with E-state index in [2.05, 4.69) is 5.32 Å². The maximum Gasteiger partial charge on any atom is 0.264 e. The van der Waals surface area contributed by atoms with Gasteiger partial charge in [-0.3, -0.25) is 13.9 Å². The minimum absolute atomic E-state index is 0.000400. The Morgan fingerprint density at radius 3 is 2.05 bits per heavy atom. The standard InChI is InChI=1S/C33H32Cl3N3O4S/c1-22-12-16-26(17-13-22)44(42,43)39(25-15-14-23(2)30(36)19-25)21-32(40)38(20-27-28(34)10-7-11-29(27)35)31(33(41)37-3)18-24-8-5-4-6-9-24/h4-17,19,31H,18,20-21H2,1-3H3,(H,37,41)/t31-/m1/s1. The summed E-state index contributed by atoms with van der Waals surface area (Å²) in [6.45, 7) is 2.87. The van der Waals surface area contributed by atoms with Crippen LogP contribution in [-0.4, -0.2) is 44.8 Å². The van der Waals surface area contributed by atoms with Crippen LogP contribution in [-0.2, 0) is 32.6 Å². The second kappa shape index (κ2) is 14.5. The molecule has 230 valence electrons. The second-order valence-corrected chi connectivity index (χ2v) is 13.4. The largest absolute Gasteiger partial charge is 0.357 e. The zero-order valence-corrected chi connectivity index (χ0v) is 27.5. The molecule has 0 spiro atoms. The first-order chi connectivity index (χ1) is 20.9. The highest BCUT2D eigenvalue weighted by molar-refractivity contribution is 7.92. The van der Waals surface area contributed by atoms with Gasteiger partial charge in [0.15, 0.2) is 0 Å². The molecule has 7 nitrogen and oxygen atoms in total. The zero-order valence-electron chi connectivity index (χ0n) is 24.4. The van der Waals surface area contributed by atoms with Crippen molar-refractivity contribution in [1.29, 1.82) is 0 Å². The predicted molar refractivity (Wildman–Crippen MR) is 177 cm³/mol. The maximum absolute atomic E-state index is 14.4. The van der Waals surface area contributed by atoms with Crippen LogP contribution in [0.5, 0.6) is 0 Å². The lowest BCUT2D eigenvalue weighted by Crippen LogP contribution is -2.53. The number of anilines is 1. The molecule has 0 radical (unpaired) electrons. The maximum atomic E-state index is 14.4. The predicted octanol–water partition coefficient (Wildman–Crippen LogP) is 6.85. The van der Waals surface area contributed by atoms with Crippen molar-refractivity contribution in [2.75, 3.05) is 17.9 Å². The summed E-state index contributed by atoms with van der Waals surface area (Å²) in [5, 5.41) is 3.60. The average molecular weight is 673 g/mol. The van der Waals surface area contributed by atoms with Crippen molar-refractivity contribution in [3.05, 3.63) is 128 Å². The van der Waals surface area contributed by atoms with Crippen molar-refractivity contribution < 1.29 is 18.0 Å². The van der Waals surface area contributed by atoms with Crippen LogP contribution in [0.2, 0.25) is 15.1 Å². The monoisotopic (exact) mass is 671 g/mol. The molecule has 1 atom stereocenters. The van der Waals surface area contributed by atoms with E-state index in [-0.39, 0.29) is 23.5 Å². The SMILES string of the molecule is CNC(=O)[C@@H](Cc1ccccc1)N(Cc1c(Cl)cccc1Cl)C(=O)CN(c1ccc(C)c(Cl)c1)S(=O)(=O)c1ccc(C)cc1. The van der Waals surface area contributed by atoms with E-state index >= 15 is 0 Å². The molecule has 0 fully saturated rings. The van der Waals surface area contributed by atoms with Crippen molar-refractivity contribution in [2.45, 2.75) is 37.8 Å². The van der Waals surface area contributed by atoms with Gasteiger partial charge in [-0.05, 0) is 61.4 Å². The van der Waals surface area contributed by atoms with Crippen LogP contribution >= 0.6 is 34.8 Å². The second-order valence-electron chi connectivity index (χ2n) is 10.3. The summed E-state index contributed by atoms with van der Waals surface area (Å²) in [5.74, 6) is -1.07. The van der Waals surface area contributed by atoms with Gasteiger partial charge < -0.3 is 10.2 Å². The number of nitrogens with one attached hydrogen (secondary N) is 1. The van der Waals surface area contributed by atoms with Crippen molar-refractivity contribution in [1.82, 2.24) is 10.2 Å². The fourth-order valence-electron chi connectivity index (χ4n) is 4.68. The van der Waals surface area contributed by atoms with E-state index < -0.39 is 34.4 Å². The molecule has 0 aromatic heterocycles. The number of aryl methyl sites for hydroxylation is 2. The highest BCUT2D eigenvalue weighted by Gasteiger charge is 2.35. The van der Waals surface area contributed by atoms with E-state index in [1.165, 1.54) is 30.1 Å². The first-order valence-corrected chi connectivity index (χ1v) is 16.3. The molecule has 4 rings (SSSR count). The van der Waals surface area contributed by atoms with Gasteiger partial charge in [-0.1, -0.05) is 95.0 Å². The Hall–Kier alpha value is -3.56. The van der Waals surface area contributed by atoms with Crippen LogP contribution < -0.4 is 9.62 Å². The lowest BCUT2D eigenvalue weighted by Gasteiger charge is -2.34. The van der Waals surface area contributed by atoms with Gasteiger partial charge in [0.05, 0.1) is 10.6 Å². The summed E-state index contributed by atoms with van der Waals surface area (Å²) in [5.41, 5.74) is 3.05. The van der Waals surface area contributed by atoms with E-state index in [4.69, 9.17) is 34.8 Å². The number of carbonyl (C=O) groups is 2. The van der Waals surface area contributed by atoms with Gasteiger partial charge in [-0.25, -0.2) is 8.42 Å². The van der Waals surface area contributed by atoms with E-state index in [1.54, 1.807) is 49.4 Å². The average Bonchev–Trinajstić information content (AvgIpc) is 3.00. The molecule has 44 heavy (non-hydrogen) atoms. The normalized spacial score (nSPS) is 12.0. The number of nitrogens with zero attached hydrogens (tertiary/aromatic N) is 2. The highest BCUT2D eigenvalue weighted by Crippen LogP contribution is 2.30. The summed E-state index contributed by atoms with van der Waals surface area (Å²) in [6, 6.07) is 24.3. The number of halogens is 3. The van der Waals surface area contributed by atoms with E-state index in [0.29, 0.717) is 20.6 Å². The summed E-state index contributed by atoms with van der Waals surface area (Å²) in [7, 11) is -2.77. The number of hydrogen-bond donors (Lipinski definition) is 1. The topological polar surface area (TPSA) is 86.8 Å². The van der Waals surface area contributed by atoms with Crippen LogP contribution in [0.4, 0.5) is 5.69 Å². The molecule has 0 aliphatic rings. The molecule has 0 bridgehead atoms. The Labute approximate surface area is 273 Å². The van der Waals surface area contributed by atoms with Crippen LogP contribution in [0.3, 0.4) is 0 Å². The lowest BCUT2D eigenvalue weighted by molar-refractivity contribution is -0.139. The zero-order chi connectivity index (χ0) is 32.0. The minimum Gasteiger partial charge on any atom is -0.357 e. The number of amides is 2. The van der Waals surface area contributed by atoms with Crippen molar-refractivity contribution >= 4 is 62.3 Å². The Bertz CT molecular complexity index is 1730. The molecule has 4 aromatic rings. The van der Waals surface area contributed by atoms with Crippen molar-refractivity contribution in [3.8, 4) is 0 Å². The Kier molecular flexibility index (Phi) is 11.0. The van der Waals surface area contributed by atoms with E-state index in [1.807, 2.05) is 37.3 Å². The number of sulfonamides is 1. The molecule has 0 unspecified atom stereocenters. The van der Waals surface area contributed by atoms with Gasteiger partial charge >= 0.3 is 0 Å². The third kappa shape index (κ3) is 7.74. The quantitative estimate of drug-likeness (QED) is 0.189. The smallest absolute Gasteiger partial charge is 0.264 e. The first-order valence-electron chi connectivity index (χ1n) is 13.8. The number of hydrogen-bond acceptors (Lipinski definition) is 4. The first kappa shape index (κ1) is 33.3. The highest BCUT2D eigenvalue weighted by atomic mass is 35.5. The van der Waals surface area contributed by atoms with Gasteiger partial charge in [0.2, 0.25) is 11.8 Å². The van der Waals surface area contributed by atoms with Gasteiger partial charge in [-0.2, -0.15) is 0 Å². The molecule has 0 heterocycles. The summed E-state index contributed by atoms with van der Waals surface area (Å²) in [4.78, 5) is 29.1. The molecule has 0 saturated heterocycles. The molecule has 1 N–H and O–H groups in total. The molecule has 0 aliphatic heterocycles. The fraction of sp³-hybridized carbons (Fsp3) is 0.212. The Balaban J connectivity index is 1.84. The number of carbonyl (C=O) groups excluding carboxylic acids is 2. The van der Waals surface area contributed by atoms with Crippen molar-refractivity contribution in [2.24, 2.45) is 0 Å². The number of benzene rings is 4.